The summed E-state index contributed by atoms with van der Waals surface area (Å²) in [5.74, 6) is 1.13. The fraction of sp³-hybridized carbons (Fsp3) is 0.222. The molecule has 2 aromatic rings. The van der Waals surface area contributed by atoms with Crippen molar-refractivity contribution in [2.45, 2.75) is 13.5 Å². The quantitative estimate of drug-likeness (QED) is 0.470. The van der Waals surface area contributed by atoms with Gasteiger partial charge in [-0.15, -0.1) is 0 Å². The summed E-state index contributed by atoms with van der Waals surface area (Å²) in [6, 6.07) is 11.7. The van der Waals surface area contributed by atoms with Crippen molar-refractivity contribution >= 4 is 23.0 Å². The van der Waals surface area contributed by atoms with Crippen molar-refractivity contribution in [3.63, 3.8) is 0 Å². The van der Waals surface area contributed by atoms with Crippen molar-refractivity contribution in [1.82, 2.24) is 10.7 Å². The standard InChI is InChI=1S/C18H20FN3O2S/c1-12(16-10-15(23-2)8-9-17(16)24-3)21-22-18(25)20-11-13-4-6-14(19)7-5-13/h4-10H,11H2,1-3H3,(H2,20,22,25)/b21-12-. The summed E-state index contributed by atoms with van der Waals surface area (Å²) in [6.07, 6.45) is 0. The van der Waals surface area contributed by atoms with Crippen molar-refractivity contribution in [3.8, 4) is 11.5 Å². The molecule has 0 bridgehead atoms. The lowest BCUT2D eigenvalue weighted by molar-refractivity contribution is 0.402. The molecule has 0 spiro atoms. The first kappa shape index (κ1) is 18.7. The third-order valence-electron chi connectivity index (χ3n) is 3.49. The Balaban J connectivity index is 1.98. The summed E-state index contributed by atoms with van der Waals surface area (Å²) >= 11 is 5.20. The second kappa shape index (κ2) is 8.98. The van der Waals surface area contributed by atoms with E-state index >= 15 is 0 Å². The Hall–Kier alpha value is -2.67. The van der Waals surface area contributed by atoms with Gasteiger partial charge in [0.15, 0.2) is 5.11 Å². The van der Waals surface area contributed by atoms with E-state index in [4.69, 9.17) is 21.7 Å². The van der Waals surface area contributed by atoms with Crippen molar-refractivity contribution in [2.75, 3.05) is 14.2 Å². The molecule has 0 aliphatic heterocycles. The molecule has 5 nitrogen and oxygen atoms in total. The Labute approximate surface area is 151 Å². The van der Waals surface area contributed by atoms with Crippen LogP contribution >= 0.6 is 12.2 Å². The third kappa shape index (κ3) is 5.42. The highest BCUT2D eigenvalue weighted by molar-refractivity contribution is 7.80. The van der Waals surface area contributed by atoms with E-state index in [1.165, 1.54) is 12.1 Å². The third-order valence-corrected chi connectivity index (χ3v) is 3.72. The number of benzene rings is 2. The topological polar surface area (TPSA) is 54.9 Å². The average molecular weight is 361 g/mol. The van der Waals surface area contributed by atoms with E-state index < -0.39 is 0 Å². The van der Waals surface area contributed by atoms with Crippen LogP contribution in [0.2, 0.25) is 0 Å². The zero-order valence-electron chi connectivity index (χ0n) is 14.3. The van der Waals surface area contributed by atoms with Gasteiger partial charge >= 0.3 is 0 Å². The van der Waals surface area contributed by atoms with Crippen molar-refractivity contribution in [1.29, 1.82) is 0 Å². The second-order valence-electron chi connectivity index (χ2n) is 5.18. The van der Waals surface area contributed by atoms with Gasteiger partial charge in [-0.05, 0) is 55.0 Å². The number of rotatable bonds is 6. The van der Waals surface area contributed by atoms with Crippen molar-refractivity contribution in [2.24, 2.45) is 5.10 Å². The number of thiocarbonyl (C=S) groups is 1. The molecule has 0 aliphatic rings. The van der Waals surface area contributed by atoms with Crippen molar-refractivity contribution in [3.05, 3.63) is 59.4 Å². The van der Waals surface area contributed by atoms with Crippen LogP contribution in [0.15, 0.2) is 47.6 Å². The second-order valence-corrected chi connectivity index (χ2v) is 5.59. The van der Waals surface area contributed by atoms with E-state index in [1.54, 1.807) is 26.4 Å². The van der Waals surface area contributed by atoms with Gasteiger partial charge < -0.3 is 14.8 Å². The predicted octanol–water partition coefficient (Wildman–Crippen LogP) is 3.23. The largest absolute Gasteiger partial charge is 0.497 e. The Morgan fingerprint density at radius 3 is 2.48 bits per heavy atom. The molecule has 25 heavy (non-hydrogen) atoms. The molecular weight excluding hydrogens is 341 g/mol. The molecular formula is C18H20FN3O2S. The molecule has 0 atom stereocenters. The molecule has 0 heterocycles. The summed E-state index contributed by atoms with van der Waals surface area (Å²) in [6.45, 7) is 2.32. The highest BCUT2D eigenvalue weighted by Gasteiger charge is 2.08. The van der Waals surface area contributed by atoms with Crippen LogP contribution in [0.3, 0.4) is 0 Å². The van der Waals surface area contributed by atoms with Gasteiger partial charge in [-0.25, -0.2) is 4.39 Å². The van der Waals surface area contributed by atoms with E-state index in [9.17, 15) is 4.39 Å². The molecule has 0 aromatic heterocycles. The molecule has 0 aliphatic carbocycles. The Bertz CT molecular complexity index is 763. The number of hydrogen-bond acceptors (Lipinski definition) is 4. The molecule has 0 saturated carbocycles. The first-order valence-corrected chi connectivity index (χ1v) is 7.99. The summed E-state index contributed by atoms with van der Waals surface area (Å²) in [5, 5.41) is 7.65. The van der Waals surface area contributed by atoms with Gasteiger partial charge in [0, 0.05) is 12.1 Å². The zero-order valence-corrected chi connectivity index (χ0v) is 15.1. The molecule has 0 unspecified atom stereocenters. The Morgan fingerprint density at radius 1 is 1.12 bits per heavy atom. The number of ether oxygens (including phenoxy) is 2. The maximum atomic E-state index is 12.9. The van der Waals surface area contributed by atoms with E-state index in [1.807, 2.05) is 25.1 Å². The molecule has 0 saturated heterocycles. The molecule has 2 aromatic carbocycles. The number of hydrogen-bond donors (Lipinski definition) is 2. The molecule has 7 heteroatoms. The number of methoxy groups -OCH3 is 2. The van der Waals surface area contributed by atoms with E-state index in [0.29, 0.717) is 28.9 Å². The fourth-order valence-electron chi connectivity index (χ4n) is 2.12. The van der Waals surface area contributed by atoms with Crippen LogP contribution in [0.5, 0.6) is 11.5 Å². The predicted molar refractivity (Wildman–Crippen MR) is 101 cm³/mol. The number of hydrazone groups is 1. The van der Waals surface area contributed by atoms with Crippen molar-refractivity contribution < 1.29 is 13.9 Å². The molecule has 0 amide bonds. The van der Waals surface area contributed by atoms with Gasteiger partial charge in [-0.1, -0.05) is 12.1 Å². The van der Waals surface area contributed by atoms with E-state index in [0.717, 1.165) is 11.1 Å². The first-order valence-electron chi connectivity index (χ1n) is 7.58. The van der Waals surface area contributed by atoms with Crippen LogP contribution in [0, 0.1) is 5.82 Å². The lowest BCUT2D eigenvalue weighted by Crippen LogP contribution is -2.32. The van der Waals surface area contributed by atoms with Crippen LogP contribution in [0.4, 0.5) is 4.39 Å². The highest BCUT2D eigenvalue weighted by atomic mass is 32.1. The molecule has 2 N–H and O–H groups in total. The van der Waals surface area contributed by atoms with Gasteiger partial charge in [0.2, 0.25) is 0 Å². The number of halogens is 1. The van der Waals surface area contributed by atoms with Gasteiger partial charge in [0.1, 0.15) is 17.3 Å². The fourth-order valence-corrected chi connectivity index (χ4v) is 2.23. The molecule has 0 radical (unpaired) electrons. The maximum Gasteiger partial charge on any atom is 0.187 e. The summed E-state index contributed by atoms with van der Waals surface area (Å²) < 4.78 is 23.5. The normalized spacial score (nSPS) is 11.0. The van der Waals surface area contributed by atoms with Crippen LogP contribution in [0.1, 0.15) is 18.1 Å². The first-order chi connectivity index (χ1) is 12.0. The van der Waals surface area contributed by atoms with Gasteiger partial charge in [-0.3, -0.25) is 5.43 Å². The van der Waals surface area contributed by atoms with Crippen LogP contribution in [-0.2, 0) is 6.54 Å². The van der Waals surface area contributed by atoms with Crippen LogP contribution in [0.25, 0.3) is 0 Å². The molecule has 132 valence electrons. The molecule has 2 rings (SSSR count). The van der Waals surface area contributed by atoms with Gasteiger partial charge in [0.25, 0.3) is 0 Å². The average Bonchev–Trinajstić information content (AvgIpc) is 2.65. The number of nitrogens with zero attached hydrogens (tertiary/aromatic N) is 1. The summed E-state index contributed by atoms with van der Waals surface area (Å²) in [4.78, 5) is 0. The minimum absolute atomic E-state index is 0.267. The minimum atomic E-state index is -0.267. The zero-order chi connectivity index (χ0) is 18.2. The summed E-state index contributed by atoms with van der Waals surface area (Å²) in [7, 11) is 3.20. The number of nitrogens with one attached hydrogen (secondary N) is 2. The van der Waals surface area contributed by atoms with Crippen LogP contribution < -0.4 is 20.2 Å². The minimum Gasteiger partial charge on any atom is -0.497 e. The Morgan fingerprint density at radius 2 is 1.84 bits per heavy atom. The summed E-state index contributed by atoms with van der Waals surface area (Å²) in [5.41, 5.74) is 5.20. The lowest BCUT2D eigenvalue weighted by atomic mass is 10.1. The smallest absolute Gasteiger partial charge is 0.187 e. The van der Waals surface area contributed by atoms with Gasteiger partial charge in [0.05, 0.1) is 19.9 Å². The SMILES string of the molecule is COc1ccc(OC)c(/C(C)=N\NC(=S)NCc2ccc(F)cc2)c1. The van der Waals surface area contributed by atoms with E-state index in [-0.39, 0.29) is 5.82 Å². The monoisotopic (exact) mass is 361 g/mol. The maximum absolute atomic E-state index is 12.9. The van der Waals surface area contributed by atoms with Crippen LogP contribution in [-0.4, -0.2) is 25.0 Å². The van der Waals surface area contributed by atoms with Gasteiger partial charge in [-0.2, -0.15) is 5.10 Å². The lowest BCUT2D eigenvalue weighted by Gasteiger charge is -2.11. The Kier molecular flexibility index (Phi) is 6.71. The van der Waals surface area contributed by atoms with E-state index in [2.05, 4.69) is 15.8 Å². The molecule has 0 fully saturated rings. The highest BCUT2D eigenvalue weighted by Crippen LogP contribution is 2.24.